The smallest absolute Gasteiger partial charge is 0.143 e. The van der Waals surface area contributed by atoms with Crippen LogP contribution in [0.15, 0.2) is 146 Å². The minimum Gasteiger partial charge on any atom is -0.455 e. The van der Waals surface area contributed by atoms with Gasteiger partial charge in [0.15, 0.2) is 0 Å². The van der Waals surface area contributed by atoms with Crippen LogP contribution in [0.3, 0.4) is 0 Å². The zero-order chi connectivity index (χ0) is 36.8. The van der Waals surface area contributed by atoms with Crippen LogP contribution < -0.4 is 11.2 Å². The molecule has 7 nitrogen and oxygen atoms in total. The van der Waals surface area contributed by atoms with Gasteiger partial charge < -0.3 is 20.0 Å². The second-order valence-corrected chi connectivity index (χ2v) is 13.2. The highest BCUT2D eigenvalue weighted by Gasteiger charge is 2.18. The van der Waals surface area contributed by atoms with E-state index in [1.165, 1.54) is 6.21 Å². The third-order valence-electron chi connectivity index (χ3n) is 9.90. The zero-order valence-corrected chi connectivity index (χ0v) is 29.4. The van der Waals surface area contributed by atoms with Gasteiger partial charge in [0.05, 0.1) is 6.54 Å². The number of rotatable bonds is 7. The molecule has 3 heterocycles. The highest BCUT2D eigenvalue weighted by atomic mass is 16.3. The van der Waals surface area contributed by atoms with E-state index in [0.29, 0.717) is 40.6 Å². The standard InChI is InChI=1S/C46H32BN5O2/c1-27(51-25-28-6-3-2-4-7-28)52-46(49)33-14-12-30(13-15-33)41-31(10-11-32-17-20-35-37-26-50-23-22-40(37)54-45(35)43(32)41)18-21-39-36(24-48)34-19-16-29-8-5-9-38(47)42(29)44(34)53-39/h2-24,26,48H,25H2,1H3,(H2,49,51,52)/b21-18+,48-24?. The van der Waals surface area contributed by atoms with E-state index in [2.05, 4.69) is 51.4 Å². The molecule has 0 amide bonds. The summed E-state index contributed by atoms with van der Waals surface area (Å²) in [5, 5.41) is 14.9. The van der Waals surface area contributed by atoms with Gasteiger partial charge in [-0.25, -0.2) is 4.99 Å². The van der Waals surface area contributed by atoms with Crippen molar-refractivity contribution in [1.82, 2.24) is 4.98 Å². The van der Waals surface area contributed by atoms with Crippen molar-refractivity contribution in [1.29, 1.82) is 5.41 Å². The van der Waals surface area contributed by atoms with Gasteiger partial charge in [-0.3, -0.25) is 9.98 Å². The summed E-state index contributed by atoms with van der Waals surface area (Å²) in [6.07, 6.45) is 8.88. The predicted octanol–water partition coefficient (Wildman–Crippen LogP) is 9.99. The summed E-state index contributed by atoms with van der Waals surface area (Å²) in [6.45, 7) is 2.39. The monoisotopic (exact) mass is 697 g/mol. The second-order valence-electron chi connectivity index (χ2n) is 13.2. The topological polar surface area (TPSA) is 114 Å². The van der Waals surface area contributed by atoms with Crippen molar-refractivity contribution in [2.75, 3.05) is 0 Å². The van der Waals surface area contributed by atoms with Crippen molar-refractivity contribution >= 4 is 97.8 Å². The van der Waals surface area contributed by atoms with Gasteiger partial charge in [-0.2, -0.15) is 0 Å². The van der Waals surface area contributed by atoms with Crippen molar-refractivity contribution in [3.63, 3.8) is 0 Å². The van der Waals surface area contributed by atoms with Crippen LogP contribution in [-0.4, -0.2) is 30.7 Å². The van der Waals surface area contributed by atoms with E-state index in [1.54, 1.807) is 6.20 Å². The van der Waals surface area contributed by atoms with Gasteiger partial charge in [-0.15, -0.1) is 0 Å². The maximum absolute atomic E-state index is 8.32. The molecular weight excluding hydrogens is 665 g/mol. The molecule has 2 radical (unpaired) electrons. The lowest BCUT2D eigenvalue weighted by atomic mass is 9.89. The Bertz CT molecular complexity index is 3010. The van der Waals surface area contributed by atoms with Crippen LogP contribution in [0.1, 0.15) is 34.9 Å². The first kappa shape index (κ1) is 32.8. The maximum Gasteiger partial charge on any atom is 0.143 e. The molecule has 0 saturated heterocycles. The fourth-order valence-electron chi connectivity index (χ4n) is 7.25. The summed E-state index contributed by atoms with van der Waals surface area (Å²) >= 11 is 0. The minimum atomic E-state index is 0.387. The predicted molar refractivity (Wildman–Crippen MR) is 224 cm³/mol. The number of nitrogens with one attached hydrogen (secondary N) is 1. The third-order valence-corrected chi connectivity index (χ3v) is 9.90. The number of aliphatic imine (C=N–C) groups is 2. The van der Waals surface area contributed by atoms with Gasteiger partial charge in [-0.05, 0) is 58.7 Å². The summed E-state index contributed by atoms with van der Waals surface area (Å²) in [6, 6.07) is 38.2. The normalized spacial score (nSPS) is 12.6. The number of fused-ring (bicyclic) bond motifs is 8. The van der Waals surface area contributed by atoms with Crippen molar-refractivity contribution in [2.45, 2.75) is 13.5 Å². The van der Waals surface area contributed by atoms with Crippen molar-refractivity contribution < 1.29 is 8.83 Å². The van der Waals surface area contributed by atoms with Gasteiger partial charge in [0.2, 0.25) is 0 Å². The zero-order valence-electron chi connectivity index (χ0n) is 29.4. The summed E-state index contributed by atoms with van der Waals surface area (Å²) < 4.78 is 13.0. The van der Waals surface area contributed by atoms with E-state index in [-0.39, 0.29) is 0 Å². The highest BCUT2D eigenvalue weighted by Crippen LogP contribution is 2.41. The molecule has 0 spiro atoms. The maximum atomic E-state index is 8.32. The number of nitrogens with two attached hydrogens (primary N) is 1. The van der Waals surface area contributed by atoms with Crippen LogP contribution in [0.25, 0.3) is 77.7 Å². The molecule has 54 heavy (non-hydrogen) atoms. The molecule has 9 rings (SSSR count). The first-order chi connectivity index (χ1) is 26.5. The van der Waals surface area contributed by atoms with Crippen LogP contribution in [0.5, 0.6) is 0 Å². The van der Waals surface area contributed by atoms with E-state index in [9.17, 15) is 0 Å². The molecule has 6 aromatic carbocycles. The quantitative estimate of drug-likeness (QED) is 0.0980. The first-order valence-electron chi connectivity index (χ1n) is 17.6. The minimum absolute atomic E-state index is 0.387. The average Bonchev–Trinajstić information content (AvgIpc) is 3.77. The molecule has 256 valence electrons. The van der Waals surface area contributed by atoms with Crippen LogP contribution in [-0.2, 0) is 6.54 Å². The van der Waals surface area contributed by atoms with Gasteiger partial charge in [0.1, 0.15) is 42.0 Å². The molecule has 3 N–H and O–H groups in total. The van der Waals surface area contributed by atoms with Crippen LogP contribution >= 0.6 is 0 Å². The van der Waals surface area contributed by atoms with E-state index in [4.69, 9.17) is 27.8 Å². The molecule has 0 fully saturated rings. The lowest BCUT2D eigenvalue weighted by molar-refractivity contribution is 0.607. The number of amidine groups is 2. The number of aromatic nitrogens is 1. The second kappa shape index (κ2) is 13.5. The van der Waals surface area contributed by atoms with E-state index < -0.39 is 0 Å². The molecule has 8 heteroatoms. The van der Waals surface area contributed by atoms with Crippen molar-refractivity contribution in [3.05, 3.63) is 156 Å². The number of benzene rings is 6. The highest BCUT2D eigenvalue weighted by molar-refractivity contribution is 6.41. The molecule has 0 bridgehead atoms. The number of hydrogen-bond acceptors (Lipinski definition) is 5. The summed E-state index contributed by atoms with van der Waals surface area (Å²) in [5.41, 5.74) is 14.8. The number of pyridine rings is 1. The first-order valence-corrected chi connectivity index (χ1v) is 17.6. The molecule has 0 aliphatic heterocycles. The van der Waals surface area contributed by atoms with Crippen molar-refractivity contribution in [3.8, 4) is 11.1 Å². The van der Waals surface area contributed by atoms with E-state index in [0.717, 1.165) is 76.7 Å². The van der Waals surface area contributed by atoms with E-state index >= 15 is 0 Å². The Labute approximate surface area is 312 Å². The molecular formula is C46H32BN5O2. The van der Waals surface area contributed by atoms with Crippen LogP contribution in [0.2, 0.25) is 0 Å². The summed E-state index contributed by atoms with van der Waals surface area (Å²) in [5.74, 6) is 1.56. The molecule has 0 atom stereocenters. The van der Waals surface area contributed by atoms with Gasteiger partial charge in [-0.1, -0.05) is 109 Å². The Morgan fingerprint density at radius 2 is 1.54 bits per heavy atom. The molecule has 9 aromatic rings. The fourth-order valence-corrected chi connectivity index (χ4v) is 7.25. The van der Waals surface area contributed by atoms with Crippen LogP contribution in [0, 0.1) is 5.41 Å². The van der Waals surface area contributed by atoms with Gasteiger partial charge in [0.25, 0.3) is 0 Å². The SMILES string of the molecule is [B]c1cccc2ccc3c(C=N)c(/C=C/c4ccc5ccc6c7cnccc7oc6c5c4-c4ccc(C(N)=NC(C)=NCc5ccccc5)cc4)oc3c12. The molecule has 0 saturated carbocycles. The Balaban J connectivity index is 1.18. The van der Waals surface area contributed by atoms with Gasteiger partial charge in [0, 0.05) is 62.2 Å². The molecule has 0 aliphatic rings. The fraction of sp³-hybridized carbons (Fsp3) is 0.0435. The Hall–Kier alpha value is -7.06. The summed E-state index contributed by atoms with van der Waals surface area (Å²) in [7, 11) is 6.42. The average molecular weight is 698 g/mol. The lowest BCUT2D eigenvalue weighted by Crippen LogP contribution is -2.15. The Morgan fingerprint density at radius 3 is 2.35 bits per heavy atom. The van der Waals surface area contributed by atoms with Crippen molar-refractivity contribution in [2.24, 2.45) is 15.7 Å². The largest absolute Gasteiger partial charge is 0.455 e. The number of hydrogen-bond donors (Lipinski definition) is 2. The Morgan fingerprint density at radius 1 is 0.778 bits per heavy atom. The third kappa shape index (κ3) is 5.74. The molecule has 3 aromatic heterocycles. The lowest BCUT2D eigenvalue weighted by Gasteiger charge is -2.13. The molecule has 0 unspecified atom stereocenters. The molecule has 0 aliphatic carbocycles. The van der Waals surface area contributed by atoms with Crippen LogP contribution in [0.4, 0.5) is 0 Å². The number of nitrogens with zero attached hydrogens (tertiary/aromatic N) is 3. The van der Waals surface area contributed by atoms with E-state index in [1.807, 2.05) is 104 Å². The number of furan rings is 2. The Kier molecular flexibility index (Phi) is 8.20. The van der Waals surface area contributed by atoms with Gasteiger partial charge >= 0.3 is 0 Å². The summed E-state index contributed by atoms with van der Waals surface area (Å²) in [4.78, 5) is 13.6.